The van der Waals surface area contributed by atoms with E-state index in [0.717, 1.165) is 22.2 Å². The Morgan fingerprint density at radius 1 is 1.42 bits per heavy atom. The Kier molecular flexibility index (Phi) is 6.76. The van der Waals surface area contributed by atoms with E-state index < -0.39 is 0 Å². The molecule has 0 radical (unpaired) electrons. The summed E-state index contributed by atoms with van der Waals surface area (Å²) in [7, 11) is 0. The van der Waals surface area contributed by atoms with Gasteiger partial charge < -0.3 is 10.1 Å². The van der Waals surface area contributed by atoms with E-state index in [4.69, 9.17) is 4.74 Å². The van der Waals surface area contributed by atoms with Gasteiger partial charge in [0.2, 0.25) is 5.91 Å². The smallest absolute Gasteiger partial charge is 0.316 e. The van der Waals surface area contributed by atoms with Crippen LogP contribution in [-0.4, -0.2) is 30.5 Å². The van der Waals surface area contributed by atoms with E-state index >= 15 is 0 Å². The first-order chi connectivity index (χ1) is 11.6. The molecule has 1 aliphatic rings. The molecule has 0 aliphatic carbocycles. The number of carbonyl (C=O) groups is 2. The Balaban J connectivity index is 2.25. The lowest BCUT2D eigenvalue weighted by Crippen LogP contribution is -2.31. The molecular formula is C17H18N2O3S2. The van der Waals surface area contributed by atoms with E-state index in [1.807, 2.05) is 30.5 Å². The van der Waals surface area contributed by atoms with Crippen LogP contribution in [0.3, 0.4) is 0 Å². The van der Waals surface area contributed by atoms with Crippen LogP contribution < -0.4 is 5.32 Å². The zero-order valence-corrected chi connectivity index (χ0v) is 15.1. The van der Waals surface area contributed by atoms with E-state index in [1.165, 1.54) is 0 Å². The van der Waals surface area contributed by atoms with Gasteiger partial charge in [-0.25, -0.2) is 0 Å². The van der Waals surface area contributed by atoms with Gasteiger partial charge in [-0.05, 0) is 30.9 Å². The number of carbonyl (C=O) groups excluding carboxylic acids is 2. The number of hydrogen-bond donors (Lipinski definition) is 1. The second-order valence-electron chi connectivity index (χ2n) is 5.03. The third-order valence-corrected chi connectivity index (χ3v) is 5.25. The number of thioether (sulfide) groups is 2. The molecule has 1 aromatic carbocycles. The molecule has 1 heterocycles. The fraction of sp³-hybridized carbons (Fsp3) is 0.353. The topological polar surface area (TPSA) is 79.2 Å². The van der Waals surface area contributed by atoms with Crippen LogP contribution in [0.2, 0.25) is 0 Å². The molecule has 0 saturated heterocycles. The Bertz CT molecular complexity index is 693. The van der Waals surface area contributed by atoms with Crippen molar-refractivity contribution in [2.24, 2.45) is 0 Å². The van der Waals surface area contributed by atoms with Crippen LogP contribution in [0, 0.1) is 11.3 Å². The number of esters is 1. The van der Waals surface area contributed by atoms with Crippen molar-refractivity contribution in [1.29, 1.82) is 5.26 Å². The molecule has 1 atom stereocenters. The van der Waals surface area contributed by atoms with Gasteiger partial charge in [0.25, 0.3) is 0 Å². The van der Waals surface area contributed by atoms with Gasteiger partial charge in [0.1, 0.15) is 0 Å². The molecular weight excluding hydrogens is 344 g/mol. The van der Waals surface area contributed by atoms with Crippen molar-refractivity contribution in [2.75, 3.05) is 18.6 Å². The highest BCUT2D eigenvalue weighted by Crippen LogP contribution is 2.36. The quantitative estimate of drug-likeness (QED) is 0.619. The minimum atomic E-state index is -0.368. The number of rotatable bonds is 6. The highest BCUT2D eigenvalue weighted by atomic mass is 32.2. The zero-order chi connectivity index (χ0) is 17.5. The zero-order valence-electron chi connectivity index (χ0n) is 13.5. The van der Waals surface area contributed by atoms with Gasteiger partial charge >= 0.3 is 5.97 Å². The summed E-state index contributed by atoms with van der Waals surface area (Å²) in [5, 5.41) is 12.7. The van der Waals surface area contributed by atoms with Crippen LogP contribution in [0.5, 0.6) is 0 Å². The van der Waals surface area contributed by atoms with Gasteiger partial charge in [-0.3, -0.25) is 9.59 Å². The van der Waals surface area contributed by atoms with E-state index in [-0.39, 0.29) is 30.0 Å². The van der Waals surface area contributed by atoms with Crippen molar-refractivity contribution < 1.29 is 14.3 Å². The average Bonchev–Trinajstić information content (AvgIpc) is 2.59. The molecule has 0 aromatic heterocycles. The molecule has 5 nitrogen and oxygen atoms in total. The number of hydrogen-bond acceptors (Lipinski definition) is 6. The number of amides is 1. The van der Waals surface area contributed by atoms with Gasteiger partial charge in [-0.2, -0.15) is 5.26 Å². The normalized spacial score (nSPS) is 17.2. The summed E-state index contributed by atoms with van der Waals surface area (Å²) in [5.41, 5.74) is 1.41. The number of benzene rings is 1. The molecule has 0 spiro atoms. The van der Waals surface area contributed by atoms with Crippen molar-refractivity contribution >= 4 is 35.4 Å². The predicted molar refractivity (Wildman–Crippen MR) is 95.5 cm³/mol. The Morgan fingerprint density at radius 2 is 2.12 bits per heavy atom. The fourth-order valence-corrected chi connectivity index (χ4v) is 3.67. The lowest BCUT2D eigenvalue weighted by molar-refractivity contribution is -0.139. The summed E-state index contributed by atoms with van der Waals surface area (Å²) in [6.45, 7) is 2.04. The van der Waals surface area contributed by atoms with E-state index in [1.54, 1.807) is 18.7 Å². The second kappa shape index (κ2) is 8.81. The lowest BCUT2D eigenvalue weighted by Gasteiger charge is -2.25. The number of nitrogens with zero attached hydrogens (tertiary/aromatic N) is 1. The third-order valence-electron chi connectivity index (χ3n) is 3.51. The maximum Gasteiger partial charge on any atom is 0.316 e. The van der Waals surface area contributed by atoms with Crippen molar-refractivity contribution in [3.8, 4) is 6.07 Å². The molecule has 0 saturated carbocycles. The number of nitrogens with one attached hydrogen (secondary N) is 1. The summed E-state index contributed by atoms with van der Waals surface area (Å²) in [5.74, 6) is -0.746. The van der Waals surface area contributed by atoms with Gasteiger partial charge in [0.15, 0.2) is 0 Å². The van der Waals surface area contributed by atoms with Crippen LogP contribution >= 0.6 is 23.5 Å². The van der Waals surface area contributed by atoms with Gasteiger partial charge in [0.05, 0.1) is 29.0 Å². The molecule has 1 amide bonds. The van der Waals surface area contributed by atoms with Crippen molar-refractivity contribution in [1.82, 2.24) is 5.32 Å². The molecule has 0 fully saturated rings. The van der Waals surface area contributed by atoms with Crippen molar-refractivity contribution in [3.63, 3.8) is 0 Å². The summed E-state index contributed by atoms with van der Waals surface area (Å²) in [6, 6.07) is 10.0. The first-order valence-corrected chi connectivity index (χ1v) is 9.66. The summed E-state index contributed by atoms with van der Waals surface area (Å²) in [6.07, 6.45) is 2.22. The van der Waals surface area contributed by atoms with Crippen LogP contribution in [-0.2, 0) is 14.3 Å². The molecule has 1 aromatic rings. The standard InChI is InChI=1S/C17H18N2O3S2/c1-3-22-16(21)10-24-17-14(9-18)13(8-15(20)19-17)11-4-6-12(23-2)7-5-11/h4-7,13H,3,8,10H2,1-2H3,(H,19,20)/t13-/m0/s1. The molecule has 2 rings (SSSR count). The molecule has 0 unspecified atom stereocenters. The number of ether oxygens (including phenoxy) is 1. The highest BCUT2D eigenvalue weighted by Gasteiger charge is 2.29. The number of allylic oxidation sites excluding steroid dienone is 1. The monoisotopic (exact) mass is 362 g/mol. The van der Waals surface area contributed by atoms with Gasteiger partial charge in [-0.1, -0.05) is 23.9 Å². The molecule has 24 heavy (non-hydrogen) atoms. The lowest BCUT2D eigenvalue weighted by atomic mass is 9.87. The van der Waals surface area contributed by atoms with E-state index in [0.29, 0.717) is 17.2 Å². The summed E-state index contributed by atoms with van der Waals surface area (Å²) in [4.78, 5) is 24.7. The molecule has 0 bridgehead atoms. The molecule has 126 valence electrons. The maximum absolute atomic E-state index is 12.0. The maximum atomic E-state index is 12.0. The number of nitriles is 1. The minimum absolute atomic E-state index is 0.0623. The van der Waals surface area contributed by atoms with Gasteiger partial charge in [0, 0.05) is 17.2 Å². The highest BCUT2D eigenvalue weighted by molar-refractivity contribution is 8.03. The molecule has 7 heteroatoms. The third kappa shape index (κ3) is 4.56. The van der Waals surface area contributed by atoms with Crippen molar-refractivity contribution in [2.45, 2.75) is 24.2 Å². The molecule has 1 aliphatic heterocycles. The first-order valence-electron chi connectivity index (χ1n) is 7.45. The van der Waals surface area contributed by atoms with Crippen LogP contribution in [0.1, 0.15) is 24.8 Å². The second-order valence-corrected chi connectivity index (χ2v) is 6.89. The summed E-state index contributed by atoms with van der Waals surface area (Å²) < 4.78 is 4.89. The van der Waals surface area contributed by atoms with Crippen LogP contribution in [0.25, 0.3) is 0 Å². The minimum Gasteiger partial charge on any atom is -0.465 e. The Labute approximate surface area is 149 Å². The van der Waals surface area contributed by atoms with Crippen LogP contribution in [0.4, 0.5) is 0 Å². The predicted octanol–water partition coefficient (Wildman–Crippen LogP) is 3.04. The Hall–Kier alpha value is -1.91. The largest absolute Gasteiger partial charge is 0.465 e. The fourth-order valence-electron chi connectivity index (χ4n) is 2.39. The van der Waals surface area contributed by atoms with Crippen molar-refractivity contribution in [3.05, 3.63) is 40.4 Å². The van der Waals surface area contributed by atoms with Gasteiger partial charge in [-0.15, -0.1) is 11.8 Å². The average molecular weight is 362 g/mol. The van der Waals surface area contributed by atoms with E-state index in [9.17, 15) is 14.9 Å². The SMILES string of the molecule is CCOC(=O)CSC1=C(C#N)[C@H](c2ccc(SC)cc2)CC(=O)N1. The first kappa shape index (κ1) is 18.4. The molecule has 1 N–H and O–H groups in total. The van der Waals surface area contributed by atoms with Crippen LogP contribution in [0.15, 0.2) is 39.8 Å². The summed E-state index contributed by atoms with van der Waals surface area (Å²) >= 11 is 2.77. The van der Waals surface area contributed by atoms with E-state index in [2.05, 4.69) is 11.4 Å². The Morgan fingerprint density at radius 3 is 2.71 bits per heavy atom.